The molecule has 0 amide bonds. The van der Waals surface area contributed by atoms with Crippen LogP contribution in [0.25, 0.3) is 44.2 Å². The van der Waals surface area contributed by atoms with Crippen molar-refractivity contribution in [3.05, 3.63) is 144 Å². The molecule has 1 unspecified atom stereocenters. The lowest BCUT2D eigenvalue weighted by molar-refractivity contribution is 0.487. The van der Waals surface area contributed by atoms with Gasteiger partial charge in [-0.05, 0) is 63.4 Å². The summed E-state index contributed by atoms with van der Waals surface area (Å²) in [7, 11) is 0. The molecule has 2 aliphatic rings. The van der Waals surface area contributed by atoms with Gasteiger partial charge in [-0.1, -0.05) is 115 Å². The van der Waals surface area contributed by atoms with Crippen LogP contribution in [-0.4, -0.2) is 0 Å². The van der Waals surface area contributed by atoms with Crippen LogP contribution in [0, 0.1) is 0 Å². The highest BCUT2D eigenvalue weighted by atomic mass is 16.5. The molecule has 1 aliphatic carbocycles. The van der Waals surface area contributed by atoms with E-state index in [9.17, 15) is 0 Å². The Morgan fingerprint density at radius 3 is 2.00 bits per heavy atom. The van der Waals surface area contributed by atoms with E-state index in [-0.39, 0.29) is 5.41 Å². The molecule has 0 fully saturated rings. The molecule has 0 saturated carbocycles. The number of hydrogen-bond donors (Lipinski definition) is 0. The molecule has 6 aromatic carbocycles. The molecule has 37 heavy (non-hydrogen) atoms. The molecule has 6 aromatic rings. The predicted octanol–water partition coefficient (Wildman–Crippen LogP) is 9.61. The number of rotatable bonds is 2. The summed E-state index contributed by atoms with van der Waals surface area (Å²) in [6, 6.07) is 46.0. The molecule has 0 aromatic heterocycles. The number of hydrogen-bond acceptors (Lipinski definition) is 1. The maximum absolute atomic E-state index is 6.38. The van der Waals surface area contributed by atoms with Crippen LogP contribution < -0.4 is 4.74 Å². The molecule has 0 N–H and O–H groups in total. The lowest BCUT2D eigenvalue weighted by atomic mass is 9.74. The first-order valence-corrected chi connectivity index (χ1v) is 12.9. The Kier molecular flexibility index (Phi) is 4.14. The average Bonchev–Trinajstić information content (AvgIpc) is 3.23. The summed E-state index contributed by atoms with van der Waals surface area (Å²) in [4.78, 5) is 0. The summed E-state index contributed by atoms with van der Waals surface area (Å²) in [5.41, 5.74) is 11.4. The van der Waals surface area contributed by atoms with E-state index in [1.165, 1.54) is 55.3 Å². The third kappa shape index (κ3) is 2.69. The molecule has 1 heterocycles. The van der Waals surface area contributed by atoms with Gasteiger partial charge < -0.3 is 4.74 Å². The second-order valence-electron chi connectivity index (χ2n) is 10.2. The van der Waals surface area contributed by atoms with E-state index in [2.05, 4.69) is 128 Å². The maximum Gasteiger partial charge on any atom is 0.135 e. The normalized spacial score (nSPS) is 16.6. The quantitative estimate of drug-likeness (QED) is 0.243. The van der Waals surface area contributed by atoms with E-state index in [1.54, 1.807) is 0 Å². The third-order valence-corrected chi connectivity index (χ3v) is 8.36. The minimum absolute atomic E-state index is 0.219. The fraction of sp³-hybridized carbons (Fsp3) is 0.0556. The topological polar surface area (TPSA) is 9.23 Å². The van der Waals surface area contributed by atoms with Crippen molar-refractivity contribution in [2.24, 2.45) is 0 Å². The Hall–Kier alpha value is -4.62. The van der Waals surface area contributed by atoms with Crippen LogP contribution in [0.3, 0.4) is 0 Å². The Morgan fingerprint density at radius 2 is 1.11 bits per heavy atom. The molecule has 0 spiro atoms. The summed E-state index contributed by atoms with van der Waals surface area (Å²) in [6.45, 7) is 2.38. The molecule has 1 heteroatoms. The second kappa shape index (κ2) is 7.44. The summed E-state index contributed by atoms with van der Waals surface area (Å²) in [5, 5.41) is 2.39. The van der Waals surface area contributed by atoms with Crippen LogP contribution >= 0.6 is 0 Å². The maximum atomic E-state index is 6.38. The van der Waals surface area contributed by atoms with Crippen molar-refractivity contribution in [2.75, 3.05) is 0 Å². The highest BCUT2D eigenvalue weighted by Gasteiger charge is 2.42. The SMILES string of the molecule is CC1(c2ccccc2)c2ccccc2-c2c(-c3ccc4cccc5c4c3-c3ccccc3O5)cccc21. The lowest BCUT2D eigenvalue weighted by Crippen LogP contribution is -2.22. The zero-order valence-corrected chi connectivity index (χ0v) is 20.5. The predicted molar refractivity (Wildman–Crippen MR) is 152 cm³/mol. The summed E-state index contributed by atoms with van der Waals surface area (Å²) >= 11 is 0. The molecule has 0 radical (unpaired) electrons. The van der Waals surface area contributed by atoms with Crippen LogP contribution in [0.15, 0.2) is 127 Å². The average molecular weight is 473 g/mol. The first-order valence-electron chi connectivity index (χ1n) is 12.9. The highest BCUT2D eigenvalue weighted by Crippen LogP contribution is 2.57. The van der Waals surface area contributed by atoms with Crippen molar-refractivity contribution in [1.82, 2.24) is 0 Å². The summed E-state index contributed by atoms with van der Waals surface area (Å²) in [6.07, 6.45) is 0. The first kappa shape index (κ1) is 20.6. The van der Waals surface area contributed by atoms with Gasteiger partial charge in [0.2, 0.25) is 0 Å². The zero-order valence-electron chi connectivity index (χ0n) is 20.5. The number of para-hydroxylation sites is 1. The number of ether oxygens (including phenoxy) is 1. The number of fused-ring (bicyclic) bond motifs is 5. The van der Waals surface area contributed by atoms with Crippen molar-refractivity contribution < 1.29 is 4.74 Å². The molecule has 1 atom stereocenters. The van der Waals surface area contributed by atoms with Gasteiger partial charge in [-0.3, -0.25) is 0 Å². The monoisotopic (exact) mass is 472 g/mol. The van der Waals surface area contributed by atoms with Crippen molar-refractivity contribution in [3.63, 3.8) is 0 Å². The van der Waals surface area contributed by atoms with Gasteiger partial charge >= 0.3 is 0 Å². The van der Waals surface area contributed by atoms with E-state index >= 15 is 0 Å². The highest BCUT2D eigenvalue weighted by molar-refractivity contribution is 6.11. The Bertz CT molecular complexity index is 1860. The summed E-state index contributed by atoms with van der Waals surface area (Å²) < 4.78 is 6.38. The van der Waals surface area contributed by atoms with Gasteiger partial charge in [-0.25, -0.2) is 0 Å². The van der Waals surface area contributed by atoms with Crippen LogP contribution in [0.4, 0.5) is 0 Å². The Balaban J connectivity index is 1.49. The minimum Gasteiger partial charge on any atom is -0.456 e. The van der Waals surface area contributed by atoms with Gasteiger partial charge in [-0.2, -0.15) is 0 Å². The molecule has 1 aliphatic heterocycles. The van der Waals surface area contributed by atoms with Gasteiger partial charge in [0, 0.05) is 21.9 Å². The summed E-state index contributed by atoms with van der Waals surface area (Å²) in [5.74, 6) is 1.84. The third-order valence-electron chi connectivity index (χ3n) is 8.36. The zero-order chi connectivity index (χ0) is 24.6. The molecular formula is C36H24O. The smallest absolute Gasteiger partial charge is 0.135 e. The largest absolute Gasteiger partial charge is 0.456 e. The Morgan fingerprint density at radius 1 is 0.459 bits per heavy atom. The molecule has 0 saturated heterocycles. The second-order valence-corrected chi connectivity index (χ2v) is 10.2. The van der Waals surface area contributed by atoms with Gasteiger partial charge in [0.1, 0.15) is 11.5 Å². The van der Waals surface area contributed by atoms with Crippen LogP contribution in [0.2, 0.25) is 0 Å². The van der Waals surface area contributed by atoms with Crippen molar-refractivity contribution >= 4 is 10.8 Å². The molecular weight excluding hydrogens is 448 g/mol. The van der Waals surface area contributed by atoms with Crippen LogP contribution in [-0.2, 0) is 5.41 Å². The first-order chi connectivity index (χ1) is 18.2. The number of benzene rings is 6. The van der Waals surface area contributed by atoms with Gasteiger partial charge in [0.15, 0.2) is 0 Å². The van der Waals surface area contributed by atoms with E-state index < -0.39 is 0 Å². The van der Waals surface area contributed by atoms with Crippen molar-refractivity contribution in [2.45, 2.75) is 12.3 Å². The van der Waals surface area contributed by atoms with Gasteiger partial charge in [0.25, 0.3) is 0 Å². The van der Waals surface area contributed by atoms with Crippen LogP contribution in [0.5, 0.6) is 11.5 Å². The fourth-order valence-electron chi connectivity index (χ4n) is 6.66. The van der Waals surface area contributed by atoms with E-state index in [0.717, 1.165) is 17.1 Å². The van der Waals surface area contributed by atoms with E-state index in [1.807, 2.05) is 6.07 Å². The van der Waals surface area contributed by atoms with E-state index in [0.29, 0.717) is 0 Å². The van der Waals surface area contributed by atoms with Crippen molar-refractivity contribution in [3.8, 4) is 44.9 Å². The van der Waals surface area contributed by atoms with Gasteiger partial charge in [-0.15, -0.1) is 0 Å². The lowest BCUT2D eigenvalue weighted by Gasteiger charge is -2.28. The minimum atomic E-state index is -0.219. The molecule has 0 bridgehead atoms. The molecule has 8 rings (SSSR count). The van der Waals surface area contributed by atoms with E-state index in [4.69, 9.17) is 4.74 Å². The molecule has 1 nitrogen and oxygen atoms in total. The fourth-order valence-corrected chi connectivity index (χ4v) is 6.66. The molecule has 174 valence electrons. The Labute approximate surface area is 216 Å². The van der Waals surface area contributed by atoms with Gasteiger partial charge in [0.05, 0.1) is 0 Å². The van der Waals surface area contributed by atoms with Crippen LogP contribution in [0.1, 0.15) is 23.6 Å². The van der Waals surface area contributed by atoms with Crippen molar-refractivity contribution in [1.29, 1.82) is 0 Å². The standard InChI is InChI=1S/C36H24O/c1-36(24-12-3-2-4-13-24)29-17-7-5-14-27(29)34-25(16-10-18-30(34)36)26-22-21-23-11-9-20-32-33(23)35(26)28-15-6-8-19-31(28)37-32/h2-22H,1H3.